The van der Waals surface area contributed by atoms with E-state index >= 15 is 0 Å². The number of halogens is 3. The SMILES string of the molecule is FC(F)(F)n1nc(CN2CCCCC2)cc1-c1cccs1. The van der Waals surface area contributed by atoms with Gasteiger partial charge in [0.15, 0.2) is 0 Å². The quantitative estimate of drug-likeness (QED) is 0.851. The summed E-state index contributed by atoms with van der Waals surface area (Å²) in [7, 11) is 0. The van der Waals surface area contributed by atoms with Crippen molar-refractivity contribution in [3.05, 3.63) is 29.3 Å². The second kappa shape index (κ2) is 5.81. The summed E-state index contributed by atoms with van der Waals surface area (Å²) >= 11 is 1.29. The summed E-state index contributed by atoms with van der Waals surface area (Å²) in [6.07, 6.45) is -1.07. The van der Waals surface area contributed by atoms with E-state index in [9.17, 15) is 13.2 Å². The third-order valence-corrected chi connectivity index (χ3v) is 4.50. The first kappa shape index (κ1) is 14.6. The van der Waals surface area contributed by atoms with Crippen molar-refractivity contribution in [3.63, 3.8) is 0 Å². The first-order chi connectivity index (χ1) is 10.0. The molecule has 0 bridgehead atoms. The van der Waals surface area contributed by atoms with Crippen LogP contribution in [-0.2, 0) is 12.8 Å². The lowest BCUT2D eigenvalue weighted by atomic mass is 10.1. The Kier molecular flexibility index (Phi) is 4.03. The highest BCUT2D eigenvalue weighted by molar-refractivity contribution is 7.13. The largest absolute Gasteiger partial charge is 0.505 e. The Balaban J connectivity index is 1.88. The van der Waals surface area contributed by atoms with Crippen LogP contribution in [0.4, 0.5) is 13.2 Å². The third-order valence-electron chi connectivity index (χ3n) is 3.61. The van der Waals surface area contributed by atoms with Gasteiger partial charge in [0, 0.05) is 6.54 Å². The first-order valence-electron chi connectivity index (χ1n) is 6.96. The van der Waals surface area contributed by atoms with Crippen molar-refractivity contribution < 1.29 is 13.2 Å². The van der Waals surface area contributed by atoms with E-state index in [0.717, 1.165) is 25.9 Å². The number of thiophene rings is 1. The molecule has 3 nitrogen and oxygen atoms in total. The molecule has 1 saturated heterocycles. The molecule has 0 aliphatic carbocycles. The summed E-state index contributed by atoms with van der Waals surface area (Å²) in [5.41, 5.74) is 0.613. The summed E-state index contributed by atoms with van der Waals surface area (Å²) < 4.78 is 39.6. The number of nitrogens with zero attached hydrogens (tertiary/aromatic N) is 3. The highest BCUT2D eigenvalue weighted by Gasteiger charge is 2.35. The van der Waals surface area contributed by atoms with Crippen molar-refractivity contribution >= 4 is 11.3 Å². The molecule has 2 aromatic rings. The fourth-order valence-electron chi connectivity index (χ4n) is 2.65. The van der Waals surface area contributed by atoms with Gasteiger partial charge in [0.25, 0.3) is 0 Å². The molecule has 3 rings (SSSR count). The van der Waals surface area contributed by atoms with E-state index in [-0.39, 0.29) is 10.4 Å². The van der Waals surface area contributed by atoms with Crippen LogP contribution in [0.5, 0.6) is 0 Å². The lowest BCUT2D eigenvalue weighted by Gasteiger charge is -2.25. The Labute approximate surface area is 125 Å². The minimum absolute atomic E-state index is 0.129. The summed E-state index contributed by atoms with van der Waals surface area (Å²) in [6, 6.07) is 5.00. The molecule has 0 unspecified atom stereocenters. The predicted molar refractivity (Wildman–Crippen MR) is 76.0 cm³/mol. The zero-order valence-electron chi connectivity index (χ0n) is 11.4. The number of hydrogen-bond donors (Lipinski definition) is 0. The molecule has 0 aromatic carbocycles. The minimum Gasteiger partial charge on any atom is -0.297 e. The molecule has 1 aliphatic rings. The van der Waals surface area contributed by atoms with E-state index in [4.69, 9.17) is 0 Å². The minimum atomic E-state index is -4.49. The van der Waals surface area contributed by atoms with Crippen molar-refractivity contribution in [1.29, 1.82) is 0 Å². The van der Waals surface area contributed by atoms with Gasteiger partial charge in [-0.2, -0.15) is 9.78 Å². The van der Waals surface area contributed by atoms with Crippen LogP contribution in [0.25, 0.3) is 10.6 Å². The van der Waals surface area contributed by atoms with Crippen LogP contribution in [0.3, 0.4) is 0 Å². The maximum Gasteiger partial charge on any atom is 0.505 e. The van der Waals surface area contributed by atoms with Crippen molar-refractivity contribution in [2.24, 2.45) is 0 Å². The second-order valence-corrected chi connectivity index (χ2v) is 6.16. The molecule has 114 valence electrons. The fraction of sp³-hybridized carbons (Fsp3) is 0.500. The topological polar surface area (TPSA) is 21.1 Å². The monoisotopic (exact) mass is 315 g/mol. The maximum atomic E-state index is 13.1. The molecular formula is C14H16F3N3S. The lowest BCUT2D eigenvalue weighted by molar-refractivity contribution is -0.211. The van der Waals surface area contributed by atoms with Crippen LogP contribution < -0.4 is 0 Å². The Bertz CT molecular complexity index is 583. The molecule has 1 fully saturated rings. The zero-order chi connectivity index (χ0) is 14.9. The average Bonchev–Trinajstić information content (AvgIpc) is 3.07. The Morgan fingerprint density at radius 3 is 2.57 bits per heavy atom. The van der Waals surface area contributed by atoms with Crippen LogP contribution in [0, 0.1) is 0 Å². The molecule has 2 aromatic heterocycles. The lowest BCUT2D eigenvalue weighted by Crippen LogP contribution is -2.29. The summed E-state index contributed by atoms with van der Waals surface area (Å²) in [5, 5.41) is 5.56. The van der Waals surface area contributed by atoms with Gasteiger partial charge >= 0.3 is 6.30 Å². The van der Waals surface area contributed by atoms with Crippen molar-refractivity contribution in [2.75, 3.05) is 13.1 Å². The van der Waals surface area contributed by atoms with Crippen LogP contribution in [0.15, 0.2) is 23.6 Å². The van der Waals surface area contributed by atoms with Crippen molar-refractivity contribution in [2.45, 2.75) is 32.1 Å². The van der Waals surface area contributed by atoms with Gasteiger partial charge in [-0.05, 0) is 43.4 Å². The van der Waals surface area contributed by atoms with E-state index in [1.165, 1.54) is 17.8 Å². The van der Waals surface area contributed by atoms with Gasteiger partial charge in [0.1, 0.15) is 0 Å². The van der Waals surface area contributed by atoms with E-state index in [2.05, 4.69) is 10.00 Å². The molecule has 0 saturated carbocycles. The van der Waals surface area contributed by atoms with Gasteiger partial charge in [-0.1, -0.05) is 12.5 Å². The van der Waals surface area contributed by atoms with Crippen LogP contribution in [0.1, 0.15) is 25.0 Å². The molecule has 0 amide bonds. The van der Waals surface area contributed by atoms with Gasteiger partial charge in [-0.3, -0.25) is 4.90 Å². The number of likely N-dealkylation sites (tertiary alicyclic amines) is 1. The van der Waals surface area contributed by atoms with Crippen molar-refractivity contribution in [1.82, 2.24) is 14.7 Å². The van der Waals surface area contributed by atoms with E-state index in [0.29, 0.717) is 17.1 Å². The summed E-state index contributed by atoms with van der Waals surface area (Å²) in [4.78, 5) is 2.76. The predicted octanol–water partition coefficient (Wildman–Crippen LogP) is 4.07. The Hall–Kier alpha value is -1.34. The number of piperidine rings is 1. The van der Waals surface area contributed by atoms with E-state index in [1.807, 2.05) is 0 Å². The zero-order valence-corrected chi connectivity index (χ0v) is 12.3. The molecule has 1 aliphatic heterocycles. The molecule has 0 N–H and O–H groups in total. The average molecular weight is 315 g/mol. The smallest absolute Gasteiger partial charge is 0.297 e. The molecular weight excluding hydrogens is 299 g/mol. The van der Waals surface area contributed by atoms with Gasteiger partial charge in [-0.25, -0.2) is 0 Å². The van der Waals surface area contributed by atoms with Crippen LogP contribution in [-0.4, -0.2) is 27.8 Å². The van der Waals surface area contributed by atoms with E-state index in [1.54, 1.807) is 23.6 Å². The third kappa shape index (κ3) is 3.29. The molecule has 7 heteroatoms. The van der Waals surface area contributed by atoms with Gasteiger partial charge in [0.2, 0.25) is 0 Å². The summed E-state index contributed by atoms with van der Waals surface area (Å²) in [5.74, 6) is 0. The normalized spacial score (nSPS) is 17.3. The molecule has 3 heterocycles. The standard InChI is InChI=1S/C14H16F3N3S/c15-14(16,17)20-12(13-5-4-8-21-13)9-11(18-20)10-19-6-2-1-3-7-19/h4-5,8-9H,1-3,6-7,10H2. The molecule has 0 atom stereocenters. The molecule has 0 radical (unpaired) electrons. The van der Waals surface area contributed by atoms with Crippen molar-refractivity contribution in [3.8, 4) is 10.6 Å². The number of alkyl halides is 3. The van der Waals surface area contributed by atoms with Gasteiger partial charge in [-0.15, -0.1) is 24.5 Å². The summed E-state index contributed by atoms with van der Waals surface area (Å²) in [6.45, 7) is 2.36. The highest BCUT2D eigenvalue weighted by atomic mass is 32.1. The Morgan fingerprint density at radius 2 is 1.95 bits per heavy atom. The number of rotatable bonds is 3. The molecule has 0 spiro atoms. The van der Waals surface area contributed by atoms with E-state index < -0.39 is 6.30 Å². The Morgan fingerprint density at radius 1 is 1.19 bits per heavy atom. The van der Waals surface area contributed by atoms with Crippen LogP contribution >= 0.6 is 11.3 Å². The van der Waals surface area contributed by atoms with Gasteiger partial charge < -0.3 is 0 Å². The number of aromatic nitrogens is 2. The van der Waals surface area contributed by atoms with Gasteiger partial charge in [0.05, 0.1) is 16.3 Å². The fourth-order valence-corrected chi connectivity index (χ4v) is 3.37. The highest BCUT2D eigenvalue weighted by Crippen LogP contribution is 2.33. The van der Waals surface area contributed by atoms with Crippen LogP contribution in [0.2, 0.25) is 0 Å². The second-order valence-electron chi connectivity index (χ2n) is 5.21. The maximum absolute atomic E-state index is 13.1. The molecule has 21 heavy (non-hydrogen) atoms. The first-order valence-corrected chi connectivity index (χ1v) is 7.84. The number of hydrogen-bond acceptors (Lipinski definition) is 3.